The minimum absolute atomic E-state index is 0. The number of amides is 1. The van der Waals surface area contributed by atoms with Crippen LogP contribution in [0.25, 0.3) is 0 Å². The Kier molecular flexibility index (Phi) is 3.35. The van der Waals surface area contributed by atoms with E-state index in [0.29, 0.717) is 11.8 Å². The predicted molar refractivity (Wildman–Crippen MR) is 49.3 cm³/mol. The van der Waals surface area contributed by atoms with Crippen LogP contribution in [0.5, 0.6) is 0 Å². The average molecular weight is 191 g/mol. The SMILES string of the molecule is Cl.O=C(NCC1CNC1)C1CC1. The van der Waals surface area contributed by atoms with Crippen LogP contribution in [0.4, 0.5) is 0 Å². The van der Waals surface area contributed by atoms with E-state index >= 15 is 0 Å². The van der Waals surface area contributed by atoms with Crippen molar-refractivity contribution >= 4 is 18.3 Å². The fourth-order valence-corrected chi connectivity index (χ4v) is 1.23. The molecule has 70 valence electrons. The third-order valence-electron chi connectivity index (χ3n) is 2.38. The first-order valence-corrected chi connectivity index (χ1v) is 4.34. The Bertz CT molecular complexity index is 166. The molecule has 3 nitrogen and oxygen atoms in total. The second kappa shape index (κ2) is 4.10. The highest BCUT2D eigenvalue weighted by Gasteiger charge is 2.30. The van der Waals surface area contributed by atoms with Gasteiger partial charge in [0.25, 0.3) is 0 Å². The Hall–Kier alpha value is -0.280. The Labute approximate surface area is 78.7 Å². The van der Waals surface area contributed by atoms with Gasteiger partial charge in [0.2, 0.25) is 5.91 Å². The number of carbonyl (C=O) groups excluding carboxylic acids is 1. The van der Waals surface area contributed by atoms with Gasteiger partial charge in [-0.3, -0.25) is 4.79 Å². The fraction of sp³-hybridized carbons (Fsp3) is 0.875. The quantitative estimate of drug-likeness (QED) is 0.666. The van der Waals surface area contributed by atoms with Gasteiger partial charge in [-0.15, -0.1) is 12.4 Å². The van der Waals surface area contributed by atoms with Crippen LogP contribution < -0.4 is 10.6 Å². The number of hydrogen-bond donors (Lipinski definition) is 2. The number of nitrogens with one attached hydrogen (secondary N) is 2. The first-order valence-electron chi connectivity index (χ1n) is 4.34. The van der Waals surface area contributed by atoms with Crippen molar-refractivity contribution in [1.82, 2.24) is 10.6 Å². The van der Waals surface area contributed by atoms with Gasteiger partial charge >= 0.3 is 0 Å². The first-order chi connectivity index (χ1) is 5.36. The molecule has 0 bridgehead atoms. The molecule has 2 fully saturated rings. The molecule has 1 amide bonds. The first kappa shape index (κ1) is 9.81. The summed E-state index contributed by atoms with van der Waals surface area (Å²) in [6, 6.07) is 0. The summed E-state index contributed by atoms with van der Waals surface area (Å²) in [7, 11) is 0. The molecule has 1 heterocycles. The van der Waals surface area contributed by atoms with E-state index in [-0.39, 0.29) is 18.3 Å². The summed E-state index contributed by atoms with van der Waals surface area (Å²) in [5.41, 5.74) is 0. The second-order valence-corrected chi connectivity index (χ2v) is 3.54. The van der Waals surface area contributed by atoms with Crippen LogP contribution in [0, 0.1) is 11.8 Å². The molecule has 0 unspecified atom stereocenters. The minimum atomic E-state index is 0. The molecular weight excluding hydrogens is 176 g/mol. The standard InChI is InChI=1S/C8H14N2O.ClH/c11-8(7-1-2-7)10-5-6-3-9-4-6;/h6-7,9H,1-5H2,(H,10,11);1H. The van der Waals surface area contributed by atoms with Crippen molar-refractivity contribution in [3.05, 3.63) is 0 Å². The normalized spacial score (nSPS) is 22.3. The summed E-state index contributed by atoms with van der Waals surface area (Å²) in [5.74, 6) is 1.33. The Morgan fingerprint density at radius 2 is 2.08 bits per heavy atom. The zero-order chi connectivity index (χ0) is 7.68. The summed E-state index contributed by atoms with van der Waals surface area (Å²) in [6.45, 7) is 3.03. The molecule has 2 aliphatic rings. The highest BCUT2D eigenvalue weighted by atomic mass is 35.5. The van der Waals surface area contributed by atoms with Crippen LogP contribution >= 0.6 is 12.4 Å². The number of halogens is 1. The summed E-state index contributed by atoms with van der Waals surface area (Å²) in [6.07, 6.45) is 2.21. The zero-order valence-corrected chi connectivity index (χ0v) is 7.82. The molecule has 0 atom stereocenters. The van der Waals surface area contributed by atoms with Gasteiger partial charge in [0.05, 0.1) is 0 Å². The highest BCUT2D eigenvalue weighted by molar-refractivity contribution is 5.85. The molecule has 0 radical (unpaired) electrons. The van der Waals surface area contributed by atoms with Gasteiger partial charge in [-0.1, -0.05) is 0 Å². The zero-order valence-electron chi connectivity index (χ0n) is 7.01. The topological polar surface area (TPSA) is 41.1 Å². The molecule has 12 heavy (non-hydrogen) atoms. The Balaban J connectivity index is 0.000000720. The monoisotopic (exact) mass is 190 g/mol. The number of hydrogen-bond acceptors (Lipinski definition) is 2. The summed E-state index contributed by atoms with van der Waals surface area (Å²) in [5, 5.41) is 6.15. The molecule has 0 aromatic carbocycles. The maximum Gasteiger partial charge on any atom is 0.223 e. The maximum atomic E-state index is 11.1. The molecule has 4 heteroatoms. The lowest BCUT2D eigenvalue weighted by Gasteiger charge is -2.27. The molecule has 2 rings (SSSR count). The summed E-state index contributed by atoms with van der Waals surface area (Å²) in [4.78, 5) is 11.1. The van der Waals surface area contributed by atoms with E-state index in [9.17, 15) is 4.79 Å². The maximum absolute atomic E-state index is 11.1. The van der Waals surface area contributed by atoms with Crippen LogP contribution in [0.1, 0.15) is 12.8 Å². The van der Waals surface area contributed by atoms with Crippen molar-refractivity contribution < 1.29 is 4.79 Å². The van der Waals surface area contributed by atoms with E-state index in [1.54, 1.807) is 0 Å². The lowest BCUT2D eigenvalue weighted by Crippen LogP contribution is -2.48. The number of rotatable bonds is 3. The average Bonchev–Trinajstić information content (AvgIpc) is 2.64. The van der Waals surface area contributed by atoms with Gasteiger partial charge in [0.15, 0.2) is 0 Å². The van der Waals surface area contributed by atoms with Gasteiger partial charge in [-0.05, 0) is 12.8 Å². The van der Waals surface area contributed by atoms with E-state index in [2.05, 4.69) is 10.6 Å². The van der Waals surface area contributed by atoms with Crippen molar-refractivity contribution in [1.29, 1.82) is 0 Å². The van der Waals surface area contributed by atoms with E-state index < -0.39 is 0 Å². The second-order valence-electron chi connectivity index (χ2n) is 3.54. The molecule has 1 aliphatic heterocycles. The molecule has 0 aromatic rings. The van der Waals surface area contributed by atoms with Gasteiger partial charge < -0.3 is 10.6 Å². The lowest BCUT2D eigenvalue weighted by molar-refractivity contribution is -0.122. The predicted octanol–water partition coefficient (Wildman–Crippen LogP) is 0.154. The van der Waals surface area contributed by atoms with Crippen molar-refractivity contribution in [3.63, 3.8) is 0 Å². The molecule has 1 saturated heterocycles. The fourth-order valence-electron chi connectivity index (χ4n) is 1.23. The van der Waals surface area contributed by atoms with Crippen LogP contribution in [0.15, 0.2) is 0 Å². The Morgan fingerprint density at radius 3 is 2.50 bits per heavy atom. The van der Waals surface area contributed by atoms with Crippen LogP contribution in [0.3, 0.4) is 0 Å². The molecule has 0 spiro atoms. The summed E-state index contributed by atoms with van der Waals surface area (Å²) >= 11 is 0. The van der Waals surface area contributed by atoms with Crippen molar-refractivity contribution in [3.8, 4) is 0 Å². The van der Waals surface area contributed by atoms with Gasteiger partial charge in [0, 0.05) is 31.5 Å². The van der Waals surface area contributed by atoms with Crippen molar-refractivity contribution in [2.45, 2.75) is 12.8 Å². The lowest BCUT2D eigenvalue weighted by atomic mass is 10.0. The van der Waals surface area contributed by atoms with Crippen LogP contribution in [-0.4, -0.2) is 25.5 Å². The summed E-state index contributed by atoms with van der Waals surface area (Å²) < 4.78 is 0. The van der Waals surface area contributed by atoms with Crippen molar-refractivity contribution in [2.24, 2.45) is 11.8 Å². The van der Waals surface area contributed by atoms with Crippen LogP contribution in [0.2, 0.25) is 0 Å². The smallest absolute Gasteiger partial charge is 0.223 e. The largest absolute Gasteiger partial charge is 0.355 e. The molecular formula is C8H15ClN2O. The van der Waals surface area contributed by atoms with Crippen LogP contribution in [-0.2, 0) is 4.79 Å². The third-order valence-corrected chi connectivity index (χ3v) is 2.38. The van der Waals surface area contributed by atoms with Gasteiger partial charge in [-0.25, -0.2) is 0 Å². The third kappa shape index (κ3) is 2.35. The van der Waals surface area contributed by atoms with Crippen molar-refractivity contribution in [2.75, 3.05) is 19.6 Å². The highest BCUT2D eigenvalue weighted by Crippen LogP contribution is 2.28. The molecule has 2 N–H and O–H groups in total. The van der Waals surface area contributed by atoms with Gasteiger partial charge in [-0.2, -0.15) is 0 Å². The Morgan fingerprint density at radius 1 is 1.42 bits per heavy atom. The minimum Gasteiger partial charge on any atom is -0.355 e. The van der Waals surface area contributed by atoms with E-state index in [1.807, 2.05) is 0 Å². The molecule has 1 aliphatic carbocycles. The molecule has 1 saturated carbocycles. The van der Waals surface area contributed by atoms with E-state index in [4.69, 9.17) is 0 Å². The van der Waals surface area contributed by atoms with E-state index in [1.165, 1.54) is 0 Å². The van der Waals surface area contributed by atoms with E-state index in [0.717, 1.165) is 32.5 Å². The number of carbonyl (C=O) groups is 1. The van der Waals surface area contributed by atoms with Gasteiger partial charge in [0.1, 0.15) is 0 Å². The molecule has 0 aromatic heterocycles.